The van der Waals surface area contributed by atoms with Crippen molar-refractivity contribution in [2.24, 2.45) is 0 Å². The summed E-state index contributed by atoms with van der Waals surface area (Å²) in [5, 5.41) is 0. The van der Waals surface area contributed by atoms with E-state index in [1.54, 1.807) is 24.8 Å². The van der Waals surface area contributed by atoms with Crippen molar-refractivity contribution in [3.05, 3.63) is 18.6 Å². The Morgan fingerprint density at radius 1 is 1.42 bits per heavy atom. The fraction of sp³-hybridized carbons (Fsp3) is 0.143. The first kappa shape index (κ1) is 7.57. The summed E-state index contributed by atoms with van der Waals surface area (Å²) in [6, 6.07) is 0. The maximum absolute atomic E-state index is 11.1. The fourth-order valence-electron chi connectivity index (χ4n) is 1.05. The van der Waals surface area contributed by atoms with Crippen LogP contribution in [0, 0.1) is 0 Å². The summed E-state index contributed by atoms with van der Waals surface area (Å²) in [5.74, 6) is 0. The van der Waals surface area contributed by atoms with Crippen LogP contribution in [0.2, 0.25) is 0 Å². The Kier molecular flexibility index (Phi) is 1.74. The Hall–Kier alpha value is -1.07. The van der Waals surface area contributed by atoms with Gasteiger partial charge < -0.3 is 9.54 Å². The van der Waals surface area contributed by atoms with Crippen LogP contribution in [0.25, 0.3) is 11.2 Å². The second kappa shape index (κ2) is 2.76. The van der Waals surface area contributed by atoms with E-state index >= 15 is 0 Å². The molecule has 0 spiro atoms. The standard InChI is InChI=1S/C7H7N3OS/c1-12(11)5-4-10-7-6(5)8-2-3-9-7/h2-4H,1H3,(H,9,10). The van der Waals surface area contributed by atoms with Gasteiger partial charge in [0.1, 0.15) is 6.26 Å². The van der Waals surface area contributed by atoms with Gasteiger partial charge >= 0.3 is 0 Å². The molecular weight excluding hydrogens is 174 g/mol. The molecule has 0 aliphatic heterocycles. The SMILES string of the molecule is C[S+]([O-])c1c[nH]c2nccnc12. The maximum atomic E-state index is 11.1. The molecule has 0 saturated heterocycles. The third-order valence-corrected chi connectivity index (χ3v) is 2.51. The molecule has 1 unspecified atom stereocenters. The van der Waals surface area contributed by atoms with Gasteiger partial charge in [0, 0.05) is 12.4 Å². The van der Waals surface area contributed by atoms with E-state index in [2.05, 4.69) is 15.0 Å². The van der Waals surface area contributed by atoms with Gasteiger partial charge in [-0.25, -0.2) is 9.97 Å². The predicted molar refractivity (Wildman–Crippen MR) is 46.2 cm³/mol. The Bertz CT molecular complexity index is 398. The first-order valence-electron chi connectivity index (χ1n) is 3.40. The monoisotopic (exact) mass is 181 g/mol. The summed E-state index contributed by atoms with van der Waals surface area (Å²) in [6.07, 6.45) is 6.49. The average Bonchev–Trinajstić information content (AvgIpc) is 2.47. The highest BCUT2D eigenvalue weighted by Gasteiger charge is 2.12. The van der Waals surface area contributed by atoms with E-state index in [9.17, 15) is 4.55 Å². The minimum Gasteiger partial charge on any atom is -0.612 e. The summed E-state index contributed by atoms with van der Waals surface area (Å²) in [6.45, 7) is 0. The molecule has 2 heterocycles. The van der Waals surface area contributed by atoms with Crippen LogP contribution in [-0.2, 0) is 11.2 Å². The van der Waals surface area contributed by atoms with E-state index in [4.69, 9.17) is 0 Å². The molecule has 5 heteroatoms. The molecule has 0 aliphatic rings. The van der Waals surface area contributed by atoms with E-state index < -0.39 is 11.2 Å². The molecule has 2 aromatic heterocycles. The molecule has 0 bridgehead atoms. The van der Waals surface area contributed by atoms with Gasteiger partial charge in [0.15, 0.2) is 16.1 Å². The molecule has 0 radical (unpaired) electrons. The fourth-order valence-corrected chi connectivity index (χ4v) is 1.69. The summed E-state index contributed by atoms with van der Waals surface area (Å²) in [4.78, 5) is 11.7. The van der Waals surface area contributed by atoms with Gasteiger partial charge in [-0.05, 0) is 11.2 Å². The van der Waals surface area contributed by atoms with Gasteiger partial charge in [-0.1, -0.05) is 0 Å². The number of nitrogens with zero attached hydrogens (tertiary/aromatic N) is 2. The highest BCUT2D eigenvalue weighted by molar-refractivity contribution is 7.91. The second-order valence-electron chi connectivity index (χ2n) is 2.36. The third kappa shape index (κ3) is 1.07. The number of H-pyrrole nitrogens is 1. The number of hydrogen-bond donors (Lipinski definition) is 1. The third-order valence-electron chi connectivity index (χ3n) is 1.58. The quantitative estimate of drug-likeness (QED) is 0.658. The lowest BCUT2D eigenvalue weighted by molar-refractivity contribution is 0.601. The van der Waals surface area contributed by atoms with Crippen molar-refractivity contribution in [3.8, 4) is 0 Å². The van der Waals surface area contributed by atoms with Gasteiger partial charge in [-0.3, -0.25) is 0 Å². The molecule has 0 amide bonds. The van der Waals surface area contributed by atoms with E-state index in [0.29, 0.717) is 16.1 Å². The number of nitrogens with one attached hydrogen (secondary N) is 1. The molecule has 4 nitrogen and oxygen atoms in total. The van der Waals surface area contributed by atoms with Crippen molar-refractivity contribution in [1.29, 1.82) is 0 Å². The zero-order valence-electron chi connectivity index (χ0n) is 6.44. The van der Waals surface area contributed by atoms with Gasteiger partial charge in [0.25, 0.3) is 0 Å². The molecule has 0 fully saturated rings. The number of aromatic amines is 1. The number of fused-ring (bicyclic) bond motifs is 1. The van der Waals surface area contributed by atoms with Gasteiger partial charge in [0.05, 0.1) is 6.20 Å². The lowest BCUT2D eigenvalue weighted by atomic mass is 10.5. The largest absolute Gasteiger partial charge is 0.612 e. The van der Waals surface area contributed by atoms with E-state index in [-0.39, 0.29) is 0 Å². The van der Waals surface area contributed by atoms with Crippen LogP contribution in [0.3, 0.4) is 0 Å². The predicted octanol–water partition coefficient (Wildman–Crippen LogP) is 0.695. The summed E-state index contributed by atoms with van der Waals surface area (Å²) >= 11 is -1.01. The van der Waals surface area contributed by atoms with Crippen molar-refractivity contribution in [2.75, 3.05) is 6.26 Å². The molecule has 2 aromatic rings. The molecule has 62 valence electrons. The van der Waals surface area contributed by atoms with Crippen molar-refractivity contribution < 1.29 is 4.55 Å². The minimum atomic E-state index is -1.01. The maximum Gasteiger partial charge on any atom is 0.197 e. The molecule has 1 atom stereocenters. The second-order valence-corrected chi connectivity index (χ2v) is 3.71. The summed E-state index contributed by atoms with van der Waals surface area (Å²) < 4.78 is 11.1. The lowest BCUT2D eigenvalue weighted by Crippen LogP contribution is -1.96. The van der Waals surface area contributed by atoms with Crippen LogP contribution in [0.5, 0.6) is 0 Å². The Labute approximate surface area is 72.2 Å². The zero-order chi connectivity index (χ0) is 8.55. The van der Waals surface area contributed by atoms with Crippen LogP contribution in [-0.4, -0.2) is 25.8 Å². The van der Waals surface area contributed by atoms with Crippen LogP contribution in [0.15, 0.2) is 23.5 Å². The van der Waals surface area contributed by atoms with E-state index in [0.717, 1.165) is 0 Å². The van der Waals surface area contributed by atoms with E-state index in [1.807, 2.05) is 0 Å². The van der Waals surface area contributed by atoms with Crippen LogP contribution >= 0.6 is 0 Å². The Balaban J connectivity index is 2.70. The molecule has 0 aliphatic carbocycles. The van der Waals surface area contributed by atoms with Crippen molar-refractivity contribution in [1.82, 2.24) is 15.0 Å². The summed E-state index contributed by atoms with van der Waals surface area (Å²) in [5.41, 5.74) is 1.38. The first-order chi connectivity index (χ1) is 5.79. The van der Waals surface area contributed by atoms with E-state index in [1.165, 1.54) is 0 Å². The highest BCUT2D eigenvalue weighted by Crippen LogP contribution is 2.17. The van der Waals surface area contributed by atoms with Gasteiger partial charge in [-0.2, -0.15) is 0 Å². The zero-order valence-corrected chi connectivity index (χ0v) is 7.26. The van der Waals surface area contributed by atoms with Crippen LogP contribution in [0.1, 0.15) is 0 Å². The molecule has 12 heavy (non-hydrogen) atoms. The molecule has 0 saturated carbocycles. The number of aromatic nitrogens is 3. The number of hydrogen-bond acceptors (Lipinski definition) is 3. The topological polar surface area (TPSA) is 64.6 Å². The molecular formula is C7H7N3OS. The Morgan fingerprint density at radius 2 is 2.17 bits per heavy atom. The smallest absolute Gasteiger partial charge is 0.197 e. The molecule has 2 rings (SSSR count). The van der Waals surface area contributed by atoms with Crippen LogP contribution < -0.4 is 0 Å². The summed E-state index contributed by atoms with van der Waals surface area (Å²) in [7, 11) is 0. The van der Waals surface area contributed by atoms with Crippen molar-refractivity contribution in [2.45, 2.75) is 4.90 Å². The average molecular weight is 181 g/mol. The first-order valence-corrected chi connectivity index (χ1v) is 4.96. The normalized spacial score (nSPS) is 13.5. The van der Waals surface area contributed by atoms with Gasteiger partial charge in [0.2, 0.25) is 0 Å². The Morgan fingerprint density at radius 3 is 2.92 bits per heavy atom. The molecule has 0 aromatic carbocycles. The van der Waals surface area contributed by atoms with Crippen molar-refractivity contribution in [3.63, 3.8) is 0 Å². The lowest BCUT2D eigenvalue weighted by Gasteiger charge is -1.99. The van der Waals surface area contributed by atoms with Crippen LogP contribution in [0.4, 0.5) is 0 Å². The molecule has 1 N–H and O–H groups in total. The highest BCUT2D eigenvalue weighted by atomic mass is 32.2. The van der Waals surface area contributed by atoms with Gasteiger partial charge in [-0.15, -0.1) is 0 Å². The minimum absolute atomic E-state index is 0.683. The van der Waals surface area contributed by atoms with Crippen molar-refractivity contribution >= 4 is 22.3 Å². The number of rotatable bonds is 1.